The number of fused-ring (bicyclic) bond motifs is 1. The number of carbonyl (C=O) groups is 1. The van der Waals surface area contributed by atoms with Gasteiger partial charge in [-0.25, -0.2) is 25.1 Å². The predicted octanol–water partition coefficient (Wildman–Crippen LogP) is 2.78. The van der Waals surface area contributed by atoms with Crippen molar-refractivity contribution in [1.82, 2.24) is 29.7 Å². The average molecular weight is 506 g/mol. The molecule has 3 aromatic rings. The van der Waals surface area contributed by atoms with Crippen molar-refractivity contribution in [3.63, 3.8) is 0 Å². The molecule has 0 aliphatic heterocycles. The number of nitrogens with two attached hydrogens (primary N) is 1. The van der Waals surface area contributed by atoms with Gasteiger partial charge in [-0.15, -0.1) is 0 Å². The Hall–Kier alpha value is -3.05. The molecule has 0 aliphatic carbocycles. The molecule has 0 unspecified atom stereocenters. The van der Waals surface area contributed by atoms with Crippen LogP contribution in [-0.2, 0) is 20.6 Å². The van der Waals surface area contributed by atoms with Crippen LogP contribution in [0.3, 0.4) is 0 Å². The second-order valence-electron chi connectivity index (χ2n) is 8.81. The van der Waals surface area contributed by atoms with E-state index < -0.39 is 31.1 Å². The molecule has 3 atom stereocenters. The molecule has 0 saturated carbocycles. The first-order valence-electron chi connectivity index (χ1n) is 11.0. The Labute approximate surface area is 203 Å². The molecule has 0 spiro atoms. The Morgan fingerprint density at radius 3 is 2.66 bits per heavy atom. The number of benzene rings is 1. The first kappa shape index (κ1) is 26.6. The van der Waals surface area contributed by atoms with Crippen LogP contribution < -0.4 is 20.6 Å². The lowest BCUT2D eigenvalue weighted by Crippen LogP contribution is -2.47. The molecule has 190 valence electrons. The number of ether oxygens (including phenoxy) is 2. The summed E-state index contributed by atoms with van der Waals surface area (Å²) in [6, 6.07) is 6.91. The van der Waals surface area contributed by atoms with Gasteiger partial charge in [0.15, 0.2) is 11.5 Å². The van der Waals surface area contributed by atoms with Crippen LogP contribution in [0.2, 0.25) is 0 Å². The number of nitrogens with zero attached hydrogens (tertiary/aromatic N) is 4. The van der Waals surface area contributed by atoms with E-state index in [1.807, 2.05) is 32.0 Å². The summed E-state index contributed by atoms with van der Waals surface area (Å²) in [6.07, 6.45) is 2.28. The van der Waals surface area contributed by atoms with E-state index in [9.17, 15) is 14.5 Å². The maximum atomic E-state index is 14.0. The number of nitrogens with one attached hydrogen (secondary N) is 2. The molecule has 12 nitrogen and oxygen atoms in total. The third-order valence-corrected chi connectivity index (χ3v) is 7.66. The largest absolute Gasteiger partial charge is 0.496 e. The summed E-state index contributed by atoms with van der Waals surface area (Å²) in [6.45, 7) is 6.89. The fourth-order valence-corrected chi connectivity index (χ4v) is 6.03. The summed E-state index contributed by atoms with van der Waals surface area (Å²) in [7, 11) is -2.02. The molecule has 3 rings (SSSR count). The van der Waals surface area contributed by atoms with E-state index in [0.717, 1.165) is 5.56 Å². The van der Waals surface area contributed by atoms with Gasteiger partial charge in [-0.1, -0.05) is 18.2 Å². The van der Waals surface area contributed by atoms with Crippen LogP contribution in [0.15, 0.2) is 36.9 Å². The lowest BCUT2D eigenvalue weighted by atomic mass is 10.1. The Kier molecular flexibility index (Phi) is 8.11. The quantitative estimate of drug-likeness (QED) is 0.267. The molecule has 0 saturated heterocycles. The number of hydrogen-bond donors (Lipinski definition) is 4. The van der Waals surface area contributed by atoms with Crippen molar-refractivity contribution < 1.29 is 23.9 Å². The fourth-order valence-electron chi connectivity index (χ4n) is 3.60. The number of anilines is 1. The standard InChI is InChI=1S/C22H32N7O5P/c1-14(10-29-12-26-18-19(23)24-11-25-20(18)29)34-13-35(32,28-22(3,4)21(30)31)27-15(2)16-8-6-7-9-17(16)33-5/h6-9,11-12,14-15H,10,13H2,1-5H3,(H,30,31)(H2,23,24,25)(H2,27,28,32)/t14-,15-,35-/m1/s1. The van der Waals surface area contributed by atoms with Crippen molar-refractivity contribution in [1.29, 1.82) is 0 Å². The Morgan fingerprint density at radius 1 is 1.26 bits per heavy atom. The van der Waals surface area contributed by atoms with E-state index in [1.54, 1.807) is 24.1 Å². The molecule has 2 heterocycles. The zero-order valence-corrected chi connectivity index (χ0v) is 21.3. The number of methoxy groups -OCH3 is 1. The summed E-state index contributed by atoms with van der Waals surface area (Å²) < 4.78 is 27.1. The molecule has 0 bridgehead atoms. The van der Waals surface area contributed by atoms with Gasteiger partial charge in [0.25, 0.3) is 0 Å². The van der Waals surface area contributed by atoms with E-state index >= 15 is 0 Å². The van der Waals surface area contributed by atoms with Gasteiger partial charge in [-0.05, 0) is 33.8 Å². The van der Waals surface area contributed by atoms with Gasteiger partial charge < -0.3 is 24.9 Å². The summed E-state index contributed by atoms with van der Waals surface area (Å²) >= 11 is 0. The Morgan fingerprint density at radius 2 is 1.97 bits per heavy atom. The van der Waals surface area contributed by atoms with E-state index in [4.69, 9.17) is 15.2 Å². The highest BCUT2D eigenvalue weighted by molar-refractivity contribution is 7.59. The highest BCUT2D eigenvalue weighted by Crippen LogP contribution is 2.43. The van der Waals surface area contributed by atoms with Crippen LogP contribution in [0, 0.1) is 0 Å². The third kappa shape index (κ3) is 6.34. The number of para-hydroxylation sites is 1. The van der Waals surface area contributed by atoms with Gasteiger partial charge >= 0.3 is 5.97 Å². The molecule has 35 heavy (non-hydrogen) atoms. The molecule has 2 aromatic heterocycles. The minimum absolute atomic E-state index is 0.256. The van der Waals surface area contributed by atoms with Crippen LogP contribution in [0.4, 0.5) is 5.82 Å². The highest BCUT2D eigenvalue weighted by atomic mass is 31.2. The smallest absolute Gasteiger partial charge is 0.323 e. The molecule has 13 heteroatoms. The summed E-state index contributed by atoms with van der Waals surface area (Å²) in [5, 5.41) is 15.5. The van der Waals surface area contributed by atoms with E-state index in [0.29, 0.717) is 23.5 Å². The second-order valence-corrected chi connectivity index (χ2v) is 11.0. The maximum absolute atomic E-state index is 14.0. The zero-order chi connectivity index (χ0) is 25.8. The van der Waals surface area contributed by atoms with E-state index in [2.05, 4.69) is 25.1 Å². The minimum atomic E-state index is -3.58. The number of carboxylic acids is 1. The first-order chi connectivity index (χ1) is 16.5. The third-order valence-electron chi connectivity index (χ3n) is 5.43. The van der Waals surface area contributed by atoms with Gasteiger partial charge in [-0.2, -0.15) is 0 Å². The van der Waals surface area contributed by atoms with Gasteiger partial charge in [-0.3, -0.25) is 9.36 Å². The zero-order valence-electron chi connectivity index (χ0n) is 20.4. The van der Waals surface area contributed by atoms with Gasteiger partial charge in [0.05, 0.1) is 26.1 Å². The van der Waals surface area contributed by atoms with E-state index in [1.165, 1.54) is 20.2 Å². The van der Waals surface area contributed by atoms with Crippen molar-refractivity contribution in [3.8, 4) is 5.75 Å². The van der Waals surface area contributed by atoms with Gasteiger partial charge in [0.2, 0.25) is 7.44 Å². The lowest BCUT2D eigenvalue weighted by molar-refractivity contribution is -0.142. The summed E-state index contributed by atoms with van der Waals surface area (Å²) in [5.74, 6) is -0.236. The molecular formula is C22H32N7O5P. The fraction of sp³-hybridized carbons (Fsp3) is 0.455. The van der Waals surface area contributed by atoms with Crippen molar-refractivity contribution in [2.24, 2.45) is 0 Å². The van der Waals surface area contributed by atoms with Crippen molar-refractivity contribution in [2.45, 2.75) is 51.9 Å². The lowest BCUT2D eigenvalue weighted by Gasteiger charge is -2.32. The number of rotatable bonds is 12. The molecular weight excluding hydrogens is 473 g/mol. The monoisotopic (exact) mass is 505 g/mol. The van der Waals surface area contributed by atoms with Crippen molar-refractivity contribution >= 4 is 30.4 Å². The molecule has 5 N–H and O–H groups in total. The van der Waals surface area contributed by atoms with Crippen molar-refractivity contribution in [2.75, 3.05) is 19.2 Å². The topological polar surface area (TPSA) is 167 Å². The Bertz CT molecular complexity index is 1230. The summed E-state index contributed by atoms with van der Waals surface area (Å²) in [4.78, 5) is 24.1. The number of imidazole rings is 1. The van der Waals surface area contributed by atoms with Gasteiger partial charge in [0.1, 0.15) is 29.5 Å². The molecule has 0 amide bonds. The molecule has 1 aromatic carbocycles. The number of aromatic nitrogens is 4. The average Bonchev–Trinajstić information content (AvgIpc) is 3.21. The maximum Gasteiger partial charge on any atom is 0.323 e. The van der Waals surface area contributed by atoms with Crippen LogP contribution >= 0.6 is 7.44 Å². The molecule has 0 radical (unpaired) electrons. The van der Waals surface area contributed by atoms with Crippen LogP contribution in [0.25, 0.3) is 11.2 Å². The minimum Gasteiger partial charge on any atom is -0.496 e. The van der Waals surface area contributed by atoms with E-state index in [-0.39, 0.29) is 12.2 Å². The van der Waals surface area contributed by atoms with Crippen LogP contribution in [0.1, 0.15) is 39.3 Å². The SMILES string of the molecule is COc1ccccc1[C@@H](C)N[P@](=O)(CO[C@H](C)Cn1cnc2c(N)ncnc21)NC(C)(C)C(=O)O. The number of aliphatic carboxylic acids is 1. The van der Waals surface area contributed by atoms with Crippen molar-refractivity contribution in [3.05, 3.63) is 42.5 Å². The van der Waals surface area contributed by atoms with Crippen LogP contribution in [0.5, 0.6) is 5.75 Å². The normalized spacial score (nSPS) is 15.5. The number of nitrogen functional groups attached to an aromatic ring is 1. The predicted molar refractivity (Wildman–Crippen MR) is 132 cm³/mol. The summed E-state index contributed by atoms with van der Waals surface area (Å²) in [5.41, 5.74) is 6.20. The highest BCUT2D eigenvalue weighted by Gasteiger charge is 2.37. The second kappa shape index (κ2) is 10.7. The number of carboxylic acid groups (broad SMARTS) is 1. The Balaban J connectivity index is 1.77. The van der Waals surface area contributed by atoms with Gasteiger partial charge in [0, 0.05) is 11.6 Å². The first-order valence-corrected chi connectivity index (χ1v) is 12.9. The van der Waals surface area contributed by atoms with Crippen LogP contribution in [-0.4, -0.2) is 55.7 Å². The number of hydrogen-bond acceptors (Lipinski definition) is 8. The molecule has 0 fully saturated rings. The molecule has 0 aliphatic rings.